The molecule has 4 rings (SSSR count). The molecule has 0 bridgehead atoms. The normalized spacial score (nSPS) is 22.3. The Morgan fingerprint density at radius 1 is 1.17 bits per heavy atom. The lowest BCUT2D eigenvalue weighted by atomic mass is 9.85. The quantitative estimate of drug-likeness (QED) is 0.696. The number of hydrogen-bond donors (Lipinski definition) is 0. The van der Waals surface area contributed by atoms with Crippen LogP contribution in [-0.2, 0) is 0 Å². The van der Waals surface area contributed by atoms with Crippen LogP contribution in [0, 0.1) is 5.92 Å². The fraction of sp³-hybridized carbons (Fsp3) is 0.350. The molecule has 1 fully saturated rings. The van der Waals surface area contributed by atoms with Gasteiger partial charge in [0.15, 0.2) is 11.5 Å². The van der Waals surface area contributed by atoms with Crippen LogP contribution in [0.4, 0.5) is 5.69 Å². The van der Waals surface area contributed by atoms with Gasteiger partial charge in [0.05, 0.1) is 11.7 Å². The highest BCUT2D eigenvalue weighted by atomic mass is 16.5. The molecule has 2 aromatic carbocycles. The number of Topliss-reactive ketones (excluding diaryl/α,β-unsaturated/α-hetero) is 1. The molecule has 0 aromatic heterocycles. The van der Waals surface area contributed by atoms with E-state index in [0.29, 0.717) is 12.0 Å². The predicted octanol–water partition coefficient (Wildman–Crippen LogP) is 4.97. The number of ketones is 1. The average Bonchev–Trinajstić information content (AvgIpc) is 2.69. The van der Waals surface area contributed by atoms with Crippen molar-refractivity contribution >= 4 is 11.5 Å². The van der Waals surface area contributed by atoms with Crippen molar-refractivity contribution in [3.05, 3.63) is 53.6 Å². The van der Waals surface area contributed by atoms with Crippen molar-refractivity contribution in [2.24, 2.45) is 5.92 Å². The number of carbonyl (C=O) groups excluding carboxylic acids is 1. The molecule has 0 unspecified atom stereocenters. The van der Waals surface area contributed by atoms with Crippen molar-refractivity contribution in [3.8, 4) is 11.5 Å². The van der Waals surface area contributed by atoms with Crippen molar-refractivity contribution < 1.29 is 9.53 Å². The van der Waals surface area contributed by atoms with Crippen LogP contribution >= 0.6 is 0 Å². The average molecular weight is 307 g/mol. The summed E-state index contributed by atoms with van der Waals surface area (Å²) < 4.78 is 6.22. The van der Waals surface area contributed by atoms with Crippen molar-refractivity contribution in [1.82, 2.24) is 0 Å². The third-order valence-corrected chi connectivity index (χ3v) is 5.07. The summed E-state index contributed by atoms with van der Waals surface area (Å²) in [6.07, 6.45) is 2.39. The van der Waals surface area contributed by atoms with E-state index in [-0.39, 0.29) is 5.78 Å². The largest absolute Gasteiger partial charge is 0.455 e. The van der Waals surface area contributed by atoms with Gasteiger partial charge < -0.3 is 9.64 Å². The number of hydrogen-bond acceptors (Lipinski definition) is 3. The minimum Gasteiger partial charge on any atom is -0.455 e. The molecular weight excluding hydrogens is 286 g/mol. The number of rotatable bonds is 1. The Morgan fingerprint density at radius 2 is 2.00 bits per heavy atom. The molecule has 23 heavy (non-hydrogen) atoms. The summed E-state index contributed by atoms with van der Waals surface area (Å²) in [6.45, 7) is 4.93. The van der Waals surface area contributed by atoms with E-state index in [2.05, 4.69) is 24.0 Å². The molecule has 0 saturated carbocycles. The lowest BCUT2D eigenvalue weighted by Gasteiger charge is -2.41. The monoisotopic (exact) mass is 307 g/mol. The van der Waals surface area contributed by atoms with E-state index >= 15 is 0 Å². The van der Waals surface area contributed by atoms with Crippen LogP contribution < -0.4 is 9.64 Å². The summed E-state index contributed by atoms with van der Waals surface area (Å²) in [6, 6.07) is 14.4. The number of benzene rings is 2. The number of nitrogens with zero attached hydrogens (tertiary/aromatic N) is 1. The van der Waals surface area contributed by atoms with Gasteiger partial charge in [0.2, 0.25) is 0 Å². The van der Waals surface area contributed by atoms with E-state index in [0.717, 1.165) is 29.3 Å². The molecule has 3 heteroatoms. The Hall–Kier alpha value is -2.29. The predicted molar refractivity (Wildman–Crippen MR) is 91.4 cm³/mol. The highest BCUT2D eigenvalue weighted by Gasteiger charge is 2.35. The zero-order valence-electron chi connectivity index (χ0n) is 13.6. The molecule has 2 aromatic rings. The van der Waals surface area contributed by atoms with Gasteiger partial charge in [0.25, 0.3) is 0 Å². The maximum Gasteiger partial charge on any atom is 0.159 e. The van der Waals surface area contributed by atoms with Crippen LogP contribution in [0.3, 0.4) is 0 Å². The van der Waals surface area contributed by atoms with Crippen LogP contribution in [0.25, 0.3) is 0 Å². The SMILES string of the molecule is CC(=O)c1ccc2c(c1)N1CCC[C@H](C)[C@H]1c1ccccc1O2. The first kappa shape index (κ1) is 14.3. The maximum atomic E-state index is 11.8. The van der Waals surface area contributed by atoms with E-state index in [9.17, 15) is 4.79 Å². The van der Waals surface area contributed by atoms with Crippen LogP contribution in [-0.4, -0.2) is 12.3 Å². The van der Waals surface area contributed by atoms with Crippen LogP contribution in [0.15, 0.2) is 42.5 Å². The molecule has 0 amide bonds. The minimum absolute atomic E-state index is 0.0937. The highest BCUT2D eigenvalue weighted by molar-refractivity contribution is 5.95. The van der Waals surface area contributed by atoms with E-state index in [1.54, 1.807) is 6.92 Å². The summed E-state index contributed by atoms with van der Waals surface area (Å²) in [7, 11) is 0. The van der Waals surface area contributed by atoms with Gasteiger partial charge in [-0.25, -0.2) is 0 Å². The van der Waals surface area contributed by atoms with Crippen molar-refractivity contribution in [2.75, 3.05) is 11.4 Å². The molecule has 2 aliphatic rings. The van der Waals surface area contributed by atoms with Gasteiger partial charge in [-0.2, -0.15) is 0 Å². The second-order valence-corrected chi connectivity index (χ2v) is 6.64. The van der Waals surface area contributed by atoms with Crippen LogP contribution in [0.1, 0.15) is 48.7 Å². The third-order valence-electron chi connectivity index (χ3n) is 5.07. The second kappa shape index (κ2) is 5.41. The van der Waals surface area contributed by atoms with Crippen molar-refractivity contribution in [1.29, 1.82) is 0 Å². The van der Waals surface area contributed by atoms with E-state index in [1.165, 1.54) is 18.4 Å². The Bertz CT molecular complexity index is 768. The Kier molecular flexibility index (Phi) is 3.37. The molecule has 0 radical (unpaired) electrons. The summed E-state index contributed by atoms with van der Waals surface area (Å²) >= 11 is 0. The molecule has 2 aliphatic heterocycles. The number of para-hydroxylation sites is 1. The number of anilines is 1. The van der Waals surface area contributed by atoms with Crippen molar-refractivity contribution in [3.63, 3.8) is 0 Å². The molecule has 0 N–H and O–H groups in total. The molecule has 118 valence electrons. The van der Waals surface area contributed by atoms with Gasteiger partial charge in [-0.15, -0.1) is 0 Å². The van der Waals surface area contributed by atoms with Crippen molar-refractivity contribution in [2.45, 2.75) is 32.7 Å². The molecule has 1 saturated heterocycles. The lowest BCUT2D eigenvalue weighted by molar-refractivity contribution is 0.101. The van der Waals surface area contributed by atoms with Gasteiger partial charge in [0.1, 0.15) is 5.75 Å². The van der Waals surface area contributed by atoms with Gasteiger partial charge in [-0.05, 0) is 49.9 Å². The van der Waals surface area contributed by atoms with Crippen LogP contribution in [0.2, 0.25) is 0 Å². The number of piperidine rings is 1. The molecule has 0 spiro atoms. The zero-order chi connectivity index (χ0) is 16.0. The first-order chi connectivity index (χ1) is 11.1. The summed E-state index contributed by atoms with van der Waals surface area (Å²) in [5, 5.41) is 0. The number of fused-ring (bicyclic) bond motifs is 5. The molecule has 2 heterocycles. The van der Waals surface area contributed by atoms with Gasteiger partial charge in [-0.3, -0.25) is 4.79 Å². The van der Waals surface area contributed by atoms with E-state index in [4.69, 9.17) is 4.74 Å². The third kappa shape index (κ3) is 2.31. The molecular formula is C20H21NO2. The highest BCUT2D eigenvalue weighted by Crippen LogP contribution is 2.49. The summed E-state index contributed by atoms with van der Waals surface area (Å²) in [4.78, 5) is 14.2. The van der Waals surface area contributed by atoms with Gasteiger partial charge in [0, 0.05) is 17.7 Å². The Labute approximate surface area is 136 Å². The first-order valence-corrected chi connectivity index (χ1v) is 8.33. The second-order valence-electron chi connectivity index (χ2n) is 6.64. The number of carbonyl (C=O) groups is 1. The minimum atomic E-state index is 0.0937. The lowest BCUT2D eigenvalue weighted by Crippen LogP contribution is -2.37. The van der Waals surface area contributed by atoms with Gasteiger partial charge >= 0.3 is 0 Å². The number of ether oxygens (including phenoxy) is 1. The standard InChI is InChI=1S/C20H21NO2/c1-13-6-5-11-21-17-12-15(14(2)22)9-10-19(17)23-18-8-4-3-7-16(18)20(13)21/h3-4,7-10,12-13,20H,5-6,11H2,1-2H3/t13-,20-/m0/s1. The summed E-state index contributed by atoms with van der Waals surface area (Å²) in [5.74, 6) is 2.43. The smallest absolute Gasteiger partial charge is 0.159 e. The fourth-order valence-electron chi connectivity index (χ4n) is 3.92. The molecule has 0 aliphatic carbocycles. The Morgan fingerprint density at radius 3 is 2.83 bits per heavy atom. The van der Waals surface area contributed by atoms with E-state index in [1.807, 2.05) is 30.3 Å². The topological polar surface area (TPSA) is 29.5 Å². The molecule has 3 nitrogen and oxygen atoms in total. The van der Waals surface area contributed by atoms with Crippen LogP contribution in [0.5, 0.6) is 11.5 Å². The fourth-order valence-corrected chi connectivity index (χ4v) is 3.92. The van der Waals surface area contributed by atoms with Gasteiger partial charge in [-0.1, -0.05) is 25.1 Å². The Balaban J connectivity index is 1.92. The van der Waals surface area contributed by atoms with E-state index < -0.39 is 0 Å². The summed E-state index contributed by atoms with van der Waals surface area (Å²) in [5.41, 5.74) is 3.04. The zero-order valence-corrected chi connectivity index (χ0v) is 13.6. The molecule has 2 atom stereocenters. The maximum absolute atomic E-state index is 11.8. The first-order valence-electron chi connectivity index (χ1n) is 8.33.